The summed E-state index contributed by atoms with van der Waals surface area (Å²) in [5, 5.41) is 3.16. The summed E-state index contributed by atoms with van der Waals surface area (Å²) in [5.41, 5.74) is 4.00. The number of ether oxygens (including phenoxy) is 1. The van der Waals surface area contributed by atoms with Gasteiger partial charge in [0.2, 0.25) is 11.8 Å². The monoisotopic (exact) mass is 435 g/mol. The summed E-state index contributed by atoms with van der Waals surface area (Å²) >= 11 is 0. The van der Waals surface area contributed by atoms with E-state index < -0.39 is 0 Å². The van der Waals surface area contributed by atoms with E-state index in [0.29, 0.717) is 26.3 Å². The third-order valence-corrected chi connectivity index (χ3v) is 6.58. The highest BCUT2D eigenvalue weighted by atomic mass is 16.5. The number of anilines is 1. The molecule has 2 heterocycles. The van der Waals surface area contributed by atoms with E-state index in [2.05, 4.69) is 16.3 Å². The molecular weight excluding hydrogens is 402 g/mol. The number of piperidine rings is 1. The Morgan fingerprint density at radius 1 is 0.969 bits per heavy atom. The summed E-state index contributed by atoms with van der Waals surface area (Å²) in [6.45, 7) is 8.10. The van der Waals surface area contributed by atoms with Gasteiger partial charge >= 0.3 is 0 Å². The average molecular weight is 436 g/mol. The molecule has 0 bridgehead atoms. The first-order valence-corrected chi connectivity index (χ1v) is 11.6. The maximum atomic E-state index is 13.5. The maximum Gasteiger partial charge on any atom is 0.246 e. The number of rotatable bonds is 5. The van der Waals surface area contributed by atoms with E-state index in [1.165, 1.54) is 0 Å². The van der Waals surface area contributed by atoms with Crippen molar-refractivity contribution in [3.63, 3.8) is 0 Å². The van der Waals surface area contributed by atoms with Crippen LogP contribution in [-0.2, 0) is 14.3 Å². The van der Waals surface area contributed by atoms with Gasteiger partial charge in [-0.15, -0.1) is 0 Å². The second kappa shape index (κ2) is 10.3. The summed E-state index contributed by atoms with van der Waals surface area (Å²) in [7, 11) is 0. The highest BCUT2D eigenvalue weighted by Crippen LogP contribution is 2.30. The average Bonchev–Trinajstić information content (AvgIpc) is 2.83. The Morgan fingerprint density at radius 2 is 1.66 bits per heavy atom. The van der Waals surface area contributed by atoms with Gasteiger partial charge in [0.1, 0.15) is 6.04 Å². The van der Waals surface area contributed by atoms with E-state index in [0.717, 1.165) is 48.3 Å². The van der Waals surface area contributed by atoms with Gasteiger partial charge in [0.15, 0.2) is 0 Å². The second-order valence-electron chi connectivity index (χ2n) is 8.87. The standard InChI is InChI=1S/C26H33N3O3/c1-19-8-9-20(2)23(18-19)27-25(30)24(21-6-4-3-5-7-21)28-12-10-22(11-13-28)26(31)29-14-16-32-17-15-29/h3-9,18,22,24H,10-17H2,1-2H3,(H,27,30). The molecule has 0 aromatic heterocycles. The van der Waals surface area contributed by atoms with Crippen LogP contribution < -0.4 is 5.32 Å². The van der Waals surface area contributed by atoms with Gasteiger partial charge in [0.05, 0.1) is 13.2 Å². The number of nitrogens with zero attached hydrogens (tertiary/aromatic N) is 2. The number of nitrogens with one attached hydrogen (secondary N) is 1. The van der Waals surface area contributed by atoms with Crippen molar-refractivity contribution in [1.82, 2.24) is 9.80 Å². The van der Waals surface area contributed by atoms with Crippen LogP contribution in [0.4, 0.5) is 5.69 Å². The molecule has 32 heavy (non-hydrogen) atoms. The van der Waals surface area contributed by atoms with Crippen molar-refractivity contribution in [3.8, 4) is 0 Å². The predicted molar refractivity (Wildman–Crippen MR) is 125 cm³/mol. The summed E-state index contributed by atoms with van der Waals surface area (Å²) in [5.74, 6) is 0.245. The number of aryl methyl sites for hydroxylation is 2. The Bertz CT molecular complexity index is 933. The van der Waals surface area contributed by atoms with Gasteiger partial charge in [0, 0.05) is 24.7 Å². The van der Waals surface area contributed by atoms with E-state index in [1.54, 1.807) is 0 Å². The molecule has 0 spiro atoms. The number of carbonyl (C=O) groups is 2. The number of morpholine rings is 1. The molecule has 6 heteroatoms. The van der Waals surface area contributed by atoms with Crippen molar-refractivity contribution < 1.29 is 14.3 Å². The highest BCUT2D eigenvalue weighted by Gasteiger charge is 2.35. The SMILES string of the molecule is Cc1ccc(C)c(NC(=O)C(c2ccccc2)N2CCC(C(=O)N3CCOCC3)CC2)c1. The molecule has 1 N–H and O–H groups in total. The first kappa shape index (κ1) is 22.5. The van der Waals surface area contributed by atoms with E-state index in [9.17, 15) is 9.59 Å². The molecule has 4 rings (SSSR count). The lowest BCUT2D eigenvalue weighted by Crippen LogP contribution is -2.48. The molecule has 2 aliphatic rings. The zero-order chi connectivity index (χ0) is 22.5. The Labute approximate surface area is 190 Å². The zero-order valence-electron chi connectivity index (χ0n) is 19.0. The summed E-state index contributed by atoms with van der Waals surface area (Å²) < 4.78 is 5.38. The molecule has 2 amide bonds. The fourth-order valence-corrected chi connectivity index (χ4v) is 4.68. The third-order valence-electron chi connectivity index (χ3n) is 6.58. The maximum absolute atomic E-state index is 13.5. The summed E-state index contributed by atoms with van der Waals surface area (Å²) in [4.78, 5) is 30.6. The number of amides is 2. The molecular formula is C26H33N3O3. The van der Waals surface area contributed by atoms with Crippen LogP contribution in [-0.4, -0.2) is 61.0 Å². The van der Waals surface area contributed by atoms with E-state index in [1.807, 2.05) is 61.2 Å². The minimum Gasteiger partial charge on any atom is -0.378 e. The molecule has 2 aromatic carbocycles. The zero-order valence-corrected chi connectivity index (χ0v) is 19.0. The van der Waals surface area contributed by atoms with E-state index >= 15 is 0 Å². The van der Waals surface area contributed by atoms with Gasteiger partial charge in [-0.3, -0.25) is 14.5 Å². The van der Waals surface area contributed by atoms with Gasteiger partial charge in [-0.1, -0.05) is 42.5 Å². The summed E-state index contributed by atoms with van der Waals surface area (Å²) in [6.07, 6.45) is 1.55. The van der Waals surface area contributed by atoms with Crippen molar-refractivity contribution in [2.45, 2.75) is 32.7 Å². The van der Waals surface area contributed by atoms with Crippen LogP contribution in [0.1, 0.15) is 35.6 Å². The fraction of sp³-hybridized carbons (Fsp3) is 0.462. The molecule has 2 aliphatic heterocycles. The first-order valence-electron chi connectivity index (χ1n) is 11.6. The van der Waals surface area contributed by atoms with Crippen molar-refractivity contribution in [2.24, 2.45) is 5.92 Å². The number of hydrogen-bond donors (Lipinski definition) is 1. The lowest BCUT2D eigenvalue weighted by atomic mass is 9.92. The van der Waals surface area contributed by atoms with Crippen LogP contribution in [0.2, 0.25) is 0 Å². The van der Waals surface area contributed by atoms with E-state index in [-0.39, 0.29) is 23.8 Å². The molecule has 2 fully saturated rings. The Balaban J connectivity index is 1.47. The molecule has 1 unspecified atom stereocenters. The number of hydrogen-bond acceptors (Lipinski definition) is 4. The molecule has 2 saturated heterocycles. The molecule has 6 nitrogen and oxygen atoms in total. The first-order chi connectivity index (χ1) is 15.5. The number of carbonyl (C=O) groups excluding carboxylic acids is 2. The molecule has 2 aromatic rings. The third kappa shape index (κ3) is 5.19. The van der Waals surface area contributed by atoms with Gasteiger partial charge in [-0.2, -0.15) is 0 Å². The van der Waals surface area contributed by atoms with E-state index in [4.69, 9.17) is 4.74 Å². The molecule has 0 radical (unpaired) electrons. The molecule has 0 aliphatic carbocycles. The van der Waals surface area contributed by atoms with Crippen LogP contribution in [0.5, 0.6) is 0 Å². The molecule has 170 valence electrons. The largest absolute Gasteiger partial charge is 0.378 e. The number of likely N-dealkylation sites (tertiary alicyclic amines) is 1. The lowest BCUT2D eigenvalue weighted by molar-refractivity contribution is -0.141. The van der Waals surface area contributed by atoms with Crippen LogP contribution in [0, 0.1) is 19.8 Å². The van der Waals surface area contributed by atoms with Gasteiger partial charge < -0.3 is 15.0 Å². The van der Waals surface area contributed by atoms with Crippen molar-refractivity contribution in [2.75, 3.05) is 44.7 Å². The van der Waals surface area contributed by atoms with Crippen LogP contribution in [0.3, 0.4) is 0 Å². The summed E-state index contributed by atoms with van der Waals surface area (Å²) in [6, 6.07) is 15.7. The second-order valence-corrected chi connectivity index (χ2v) is 8.87. The van der Waals surface area contributed by atoms with Crippen molar-refractivity contribution in [3.05, 3.63) is 65.2 Å². The van der Waals surface area contributed by atoms with Crippen molar-refractivity contribution in [1.29, 1.82) is 0 Å². The van der Waals surface area contributed by atoms with Crippen LogP contribution in [0.25, 0.3) is 0 Å². The Kier molecular flexibility index (Phi) is 7.22. The number of benzene rings is 2. The van der Waals surface area contributed by atoms with Gasteiger partial charge in [-0.25, -0.2) is 0 Å². The van der Waals surface area contributed by atoms with Gasteiger partial charge in [0.25, 0.3) is 0 Å². The topological polar surface area (TPSA) is 61.9 Å². The molecule has 1 atom stereocenters. The minimum atomic E-state index is -0.379. The van der Waals surface area contributed by atoms with Crippen LogP contribution in [0.15, 0.2) is 48.5 Å². The minimum absolute atomic E-state index is 0.0251. The Morgan fingerprint density at radius 3 is 2.34 bits per heavy atom. The normalized spacial score (nSPS) is 18.9. The quantitative estimate of drug-likeness (QED) is 0.780. The molecule has 0 saturated carbocycles. The predicted octanol–water partition coefficient (Wildman–Crippen LogP) is 3.55. The Hall–Kier alpha value is -2.70. The van der Waals surface area contributed by atoms with Gasteiger partial charge in [-0.05, 0) is 62.5 Å². The van der Waals surface area contributed by atoms with Crippen molar-refractivity contribution >= 4 is 17.5 Å². The lowest BCUT2D eigenvalue weighted by Gasteiger charge is -2.38. The van der Waals surface area contributed by atoms with Crippen LogP contribution >= 0.6 is 0 Å². The highest BCUT2D eigenvalue weighted by molar-refractivity contribution is 5.96. The fourth-order valence-electron chi connectivity index (χ4n) is 4.68. The smallest absolute Gasteiger partial charge is 0.246 e.